The van der Waals surface area contributed by atoms with Crippen molar-refractivity contribution in [2.24, 2.45) is 0 Å². The van der Waals surface area contributed by atoms with Crippen LogP contribution in [-0.4, -0.2) is 10.0 Å². The van der Waals surface area contributed by atoms with Gasteiger partial charge in [0, 0.05) is 23.2 Å². The third-order valence-corrected chi connectivity index (χ3v) is 4.63. The van der Waals surface area contributed by atoms with Gasteiger partial charge in [-0.3, -0.25) is 10.1 Å². The van der Waals surface area contributed by atoms with E-state index in [1.807, 2.05) is 36.4 Å². The number of hydrogen-bond donors (Lipinski definition) is 2. The van der Waals surface area contributed by atoms with Crippen LogP contribution in [0.3, 0.4) is 0 Å². The number of hydrogen-bond acceptors (Lipinski definition) is 5. The molecule has 5 nitrogen and oxygen atoms in total. The first-order chi connectivity index (χ1) is 12.1. The molecule has 126 valence electrons. The number of nitrogens with zero attached hydrogens (tertiary/aromatic N) is 1. The van der Waals surface area contributed by atoms with Gasteiger partial charge in [-0.05, 0) is 42.0 Å². The van der Waals surface area contributed by atoms with E-state index in [4.69, 9.17) is 0 Å². The maximum absolute atomic E-state index is 11.4. The summed E-state index contributed by atoms with van der Waals surface area (Å²) in [6, 6.07) is 21.5. The van der Waals surface area contributed by atoms with E-state index in [1.54, 1.807) is 36.4 Å². The van der Waals surface area contributed by atoms with Gasteiger partial charge in [0.1, 0.15) is 5.75 Å². The van der Waals surface area contributed by atoms with Crippen LogP contribution in [0.15, 0.2) is 82.6 Å². The molecule has 2 N–H and O–H groups in total. The van der Waals surface area contributed by atoms with Crippen molar-refractivity contribution in [3.05, 3.63) is 88.5 Å². The van der Waals surface area contributed by atoms with Crippen molar-refractivity contribution >= 4 is 23.1 Å². The standard InChI is InChI=1S/C19H16N2O3S/c22-16-7-9-17(10-8-16)25-19-11-6-15(12-18(19)21(23)24)20-13-14-4-2-1-3-5-14/h1-12,20,22H,13H2. The number of nitro groups is 1. The Labute approximate surface area is 149 Å². The molecule has 0 heterocycles. The normalized spacial score (nSPS) is 10.4. The molecule has 0 amide bonds. The van der Waals surface area contributed by atoms with E-state index in [1.165, 1.54) is 11.8 Å². The van der Waals surface area contributed by atoms with Gasteiger partial charge in [0.2, 0.25) is 0 Å². The smallest absolute Gasteiger partial charge is 0.285 e. The second-order valence-electron chi connectivity index (χ2n) is 5.37. The molecule has 3 aromatic rings. The molecule has 0 aromatic heterocycles. The van der Waals surface area contributed by atoms with Crippen LogP contribution < -0.4 is 5.32 Å². The largest absolute Gasteiger partial charge is 0.508 e. The van der Waals surface area contributed by atoms with Crippen LogP contribution in [0, 0.1) is 10.1 Å². The predicted molar refractivity (Wildman–Crippen MR) is 99.1 cm³/mol. The molecule has 0 aliphatic rings. The third kappa shape index (κ3) is 4.51. The zero-order chi connectivity index (χ0) is 17.6. The lowest BCUT2D eigenvalue weighted by Gasteiger charge is -2.09. The highest BCUT2D eigenvalue weighted by atomic mass is 32.2. The van der Waals surface area contributed by atoms with E-state index >= 15 is 0 Å². The molecule has 0 radical (unpaired) electrons. The van der Waals surface area contributed by atoms with Gasteiger partial charge in [0.05, 0.1) is 9.82 Å². The van der Waals surface area contributed by atoms with Crippen LogP contribution in [0.5, 0.6) is 5.75 Å². The Morgan fingerprint density at radius 3 is 2.40 bits per heavy atom. The van der Waals surface area contributed by atoms with E-state index in [9.17, 15) is 15.2 Å². The second-order valence-corrected chi connectivity index (χ2v) is 6.49. The number of anilines is 1. The van der Waals surface area contributed by atoms with Crippen molar-refractivity contribution in [3.8, 4) is 5.75 Å². The molecule has 0 bridgehead atoms. The Bertz CT molecular complexity index is 868. The summed E-state index contributed by atoms with van der Waals surface area (Å²) in [5, 5.41) is 24.0. The Kier molecular flexibility index (Phi) is 5.20. The Hall–Kier alpha value is -2.99. The van der Waals surface area contributed by atoms with E-state index in [-0.39, 0.29) is 16.4 Å². The zero-order valence-corrected chi connectivity index (χ0v) is 14.1. The zero-order valence-electron chi connectivity index (χ0n) is 13.3. The monoisotopic (exact) mass is 352 g/mol. The van der Waals surface area contributed by atoms with Crippen LogP contribution in [0.2, 0.25) is 0 Å². The van der Waals surface area contributed by atoms with Crippen LogP contribution >= 0.6 is 11.8 Å². The molecular weight excluding hydrogens is 336 g/mol. The Morgan fingerprint density at radius 1 is 1.00 bits per heavy atom. The molecule has 0 saturated heterocycles. The van der Waals surface area contributed by atoms with E-state index in [0.717, 1.165) is 10.5 Å². The SMILES string of the molecule is O=[N+]([O-])c1cc(NCc2ccccc2)ccc1Sc1ccc(O)cc1. The number of rotatable bonds is 6. The first-order valence-corrected chi connectivity index (χ1v) is 8.46. The molecule has 25 heavy (non-hydrogen) atoms. The summed E-state index contributed by atoms with van der Waals surface area (Å²) in [5.74, 6) is 0.166. The molecule has 0 fully saturated rings. The lowest BCUT2D eigenvalue weighted by Crippen LogP contribution is -2.00. The molecule has 0 atom stereocenters. The van der Waals surface area contributed by atoms with Crippen LogP contribution in [0.4, 0.5) is 11.4 Å². The second kappa shape index (κ2) is 7.72. The number of benzene rings is 3. The minimum Gasteiger partial charge on any atom is -0.508 e. The first-order valence-electron chi connectivity index (χ1n) is 7.65. The molecular formula is C19H16N2O3S. The summed E-state index contributed by atoms with van der Waals surface area (Å²) in [6.45, 7) is 0.600. The van der Waals surface area contributed by atoms with Crippen molar-refractivity contribution in [2.45, 2.75) is 16.3 Å². The highest BCUT2D eigenvalue weighted by Gasteiger charge is 2.16. The fourth-order valence-electron chi connectivity index (χ4n) is 2.30. The quantitative estimate of drug-likeness (QED) is 0.479. The van der Waals surface area contributed by atoms with Gasteiger partial charge < -0.3 is 10.4 Å². The molecule has 0 spiro atoms. The maximum atomic E-state index is 11.4. The summed E-state index contributed by atoms with van der Waals surface area (Å²) in [5.41, 5.74) is 1.86. The van der Waals surface area contributed by atoms with Gasteiger partial charge in [-0.1, -0.05) is 42.1 Å². The number of phenols is 1. The Balaban J connectivity index is 1.78. The van der Waals surface area contributed by atoms with Gasteiger partial charge >= 0.3 is 0 Å². The van der Waals surface area contributed by atoms with E-state index < -0.39 is 0 Å². The predicted octanol–water partition coefficient (Wildman–Crippen LogP) is 5.06. The van der Waals surface area contributed by atoms with Crippen molar-refractivity contribution in [3.63, 3.8) is 0 Å². The molecule has 0 unspecified atom stereocenters. The van der Waals surface area contributed by atoms with Crippen LogP contribution in [0.1, 0.15) is 5.56 Å². The van der Waals surface area contributed by atoms with Gasteiger partial charge in [-0.2, -0.15) is 0 Å². The summed E-state index contributed by atoms with van der Waals surface area (Å²) < 4.78 is 0. The van der Waals surface area contributed by atoms with E-state index in [2.05, 4.69) is 5.32 Å². The van der Waals surface area contributed by atoms with Crippen LogP contribution in [0.25, 0.3) is 0 Å². The number of nitro benzene ring substituents is 1. The van der Waals surface area contributed by atoms with Crippen molar-refractivity contribution < 1.29 is 10.0 Å². The summed E-state index contributed by atoms with van der Waals surface area (Å²) in [7, 11) is 0. The highest BCUT2D eigenvalue weighted by molar-refractivity contribution is 7.99. The van der Waals surface area contributed by atoms with Crippen molar-refractivity contribution in [1.82, 2.24) is 0 Å². The van der Waals surface area contributed by atoms with Gasteiger partial charge in [0.25, 0.3) is 5.69 Å². The van der Waals surface area contributed by atoms with Crippen molar-refractivity contribution in [2.75, 3.05) is 5.32 Å². The van der Waals surface area contributed by atoms with Crippen molar-refractivity contribution in [1.29, 1.82) is 0 Å². The molecule has 0 aliphatic carbocycles. The average molecular weight is 352 g/mol. The van der Waals surface area contributed by atoms with Crippen LogP contribution in [-0.2, 0) is 6.54 Å². The summed E-state index contributed by atoms with van der Waals surface area (Å²) in [6.07, 6.45) is 0. The lowest BCUT2D eigenvalue weighted by molar-refractivity contribution is -0.387. The molecule has 3 rings (SSSR count). The first kappa shape index (κ1) is 16.9. The van der Waals surface area contributed by atoms with Gasteiger partial charge in [0.15, 0.2) is 0 Å². The number of nitrogens with one attached hydrogen (secondary N) is 1. The fourth-order valence-corrected chi connectivity index (χ4v) is 3.20. The molecule has 3 aromatic carbocycles. The molecule has 6 heteroatoms. The lowest BCUT2D eigenvalue weighted by atomic mass is 10.2. The van der Waals surface area contributed by atoms with E-state index in [0.29, 0.717) is 17.1 Å². The topological polar surface area (TPSA) is 75.4 Å². The van der Waals surface area contributed by atoms with Gasteiger partial charge in [-0.15, -0.1) is 0 Å². The highest BCUT2D eigenvalue weighted by Crippen LogP contribution is 2.36. The number of aromatic hydroxyl groups is 1. The summed E-state index contributed by atoms with van der Waals surface area (Å²) >= 11 is 1.29. The molecule has 0 aliphatic heterocycles. The fraction of sp³-hybridized carbons (Fsp3) is 0.0526. The third-order valence-electron chi connectivity index (χ3n) is 3.56. The Morgan fingerprint density at radius 2 is 1.72 bits per heavy atom. The minimum atomic E-state index is -0.379. The maximum Gasteiger partial charge on any atom is 0.285 e. The number of phenolic OH excluding ortho intramolecular Hbond substituents is 1. The molecule has 0 saturated carbocycles. The average Bonchev–Trinajstić information content (AvgIpc) is 2.63. The van der Waals surface area contributed by atoms with Gasteiger partial charge in [-0.25, -0.2) is 0 Å². The summed E-state index contributed by atoms with van der Waals surface area (Å²) in [4.78, 5) is 12.4. The minimum absolute atomic E-state index is 0.0520.